The summed E-state index contributed by atoms with van der Waals surface area (Å²) in [5, 5.41) is 7.81. The van der Waals surface area contributed by atoms with E-state index in [1.807, 2.05) is 0 Å². The Morgan fingerprint density at radius 2 is 0.839 bits per heavy atom. The van der Waals surface area contributed by atoms with Crippen LogP contribution >= 0.6 is 0 Å². The summed E-state index contributed by atoms with van der Waals surface area (Å²) in [4.78, 5) is 4.11. The zero-order chi connectivity index (χ0) is 20.6. The molecule has 0 atom stereocenters. The van der Waals surface area contributed by atoms with Gasteiger partial charge in [0.05, 0.1) is 0 Å². The van der Waals surface area contributed by atoms with Crippen molar-refractivity contribution in [3.8, 4) is 0 Å². The van der Waals surface area contributed by atoms with Crippen LogP contribution in [-0.4, -0.2) is 0 Å². The summed E-state index contributed by atoms with van der Waals surface area (Å²) in [5.41, 5.74) is 0. The summed E-state index contributed by atoms with van der Waals surface area (Å²) in [6, 6.07) is 46.5. The largest absolute Gasteiger partial charge is 0.174 e. The van der Waals surface area contributed by atoms with Crippen LogP contribution in [-0.2, 0) is 10.9 Å². The Balaban J connectivity index is 1.69. The van der Waals surface area contributed by atoms with Crippen molar-refractivity contribution < 1.29 is 0 Å². The van der Waals surface area contributed by atoms with E-state index >= 15 is 0 Å². The predicted molar refractivity (Wildman–Crippen MR) is 134 cm³/mol. The molecule has 6 aromatic rings. The zero-order valence-corrected chi connectivity index (χ0v) is 17.8. The van der Waals surface area contributed by atoms with E-state index in [1.165, 1.54) is 47.0 Å². The van der Waals surface area contributed by atoms with Crippen LogP contribution in [0.25, 0.3) is 32.3 Å². The molecule has 0 aliphatic heterocycles. The standard InChI is InChI=1S/C30H21S/c1-2-12-25-21-26(20-19-22(25)9-1)31(29-17-7-13-23-10-3-5-15-27(23)29)30-18-8-14-24-11-4-6-16-28(24)30/h1-21H/q+1. The van der Waals surface area contributed by atoms with Crippen LogP contribution < -0.4 is 0 Å². The third-order valence-electron chi connectivity index (χ3n) is 5.90. The van der Waals surface area contributed by atoms with Crippen molar-refractivity contribution in [2.24, 2.45) is 0 Å². The lowest BCUT2D eigenvalue weighted by molar-refractivity contribution is 1.38. The molecule has 0 nitrogen and oxygen atoms in total. The lowest BCUT2D eigenvalue weighted by Gasteiger charge is -2.13. The second-order valence-corrected chi connectivity index (χ2v) is 9.73. The van der Waals surface area contributed by atoms with Crippen LogP contribution in [0.1, 0.15) is 0 Å². The smallest absolute Gasteiger partial charge is 0.0616 e. The maximum absolute atomic E-state index is 2.38. The van der Waals surface area contributed by atoms with Gasteiger partial charge in [-0.2, -0.15) is 0 Å². The van der Waals surface area contributed by atoms with Crippen molar-refractivity contribution in [3.63, 3.8) is 0 Å². The molecule has 0 aliphatic rings. The first-order valence-corrected chi connectivity index (χ1v) is 11.8. The average molecular weight is 414 g/mol. The highest BCUT2D eigenvalue weighted by Crippen LogP contribution is 2.39. The molecule has 0 unspecified atom stereocenters. The second-order valence-electron chi connectivity index (χ2n) is 7.77. The molecule has 0 aliphatic carbocycles. The first kappa shape index (κ1) is 18.2. The van der Waals surface area contributed by atoms with Gasteiger partial charge in [-0.25, -0.2) is 0 Å². The third kappa shape index (κ3) is 3.19. The minimum atomic E-state index is -0.220. The van der Waals surface area contributed by atoms with Gasteiger partial charge in [0.2, 0.25) is 0 Å². The Morgan fingerprint density at radius 1 is 0.355 bits per heavy atom. The topological polar surface area (TPSA) is 0 Å². The van der Waals surface area contributed by atoms with Gasteiger partial charge in [-0.3, -0.25) is 0 Å². The molecule has 0 heterocycles. The molecule has 0 spiro atoms. The fourth-order valence-electron chi connectivity index (χ4n) is 4.41. The van der Waals surface area contributed by atoms with Gasteiger partial charge in [0.15, 0.2) is 14.7 Å². The van der Waals surface area contributed by atoms with Crippen molar-refractivity contribution in [3.05, 3.63) is 127 Å². The van der Waals surface area contributed by atoms with E-state index in [2.05, 4.69) is 127 Å². The van der Waals surface area contributed by atoms with Gasteiger partial charge >= 0.3 is 0 Å². The van der Waals surface area contributed by atoms with E-state index in [9.17, 15) is 0 Å². The van der Waals surface area contributed by atoms with Gasteiger partial charge in [-0.1, -0.05) is 84.9 Å². The normalized spacial score (nSPS) is 11.5. The lowest BCUT2D eigenvalue weighted by Crippen LogP contribution is -2.06. The highest BCUT2D eigenvalue weighted by molar-refractivity contribution is 7.97. The van der Waals surface area contributed by atoms with E-state index < -0.39 is 0 Å². The number of hydrogen-bond donors (Lipinski definition) is 0. The molecule has 0 saturated heterocycles. The Labute approximate surface area is 185 Å². The lowest BCUT2D eigenvalue weighted by atomic mass is 10.1. The molecule has 0 saturated carbocycles. The van der Waals surface area contributed by atoms with Gasteiger partial charge in [0.25, 0.3) is 0 Å². The number of fused-ring (bicyclic) bond motifs is 3. The Bertz CT molecular complexity index is 1460. The van der Waals surface area contributed by atoms with Crippen LogP contribution in [0.4, 0.5) is 0 Å². The molecule has 31 heavy (non-hydrogen) atoms. The number of hydrogen-bond acceptors (Lipinski definition) is 0. The Hall–Kier alpha value is -3.55. The Morgan fingerprint density at radius 3 is 1.45 bits per heavy atom. The number of rotatable bonds is 3. The van der Waals surface area contributed by atoms with Crippen molar-refractivity contribution in [1.29, 1.82) is 0 Å². The van der Waals surface area contributed by atoms with Crippen LogP contribution in [0.15, 0.2) is 142 Å². The van der Waals surface area contributed by atoms with Crippen molar-refractivity contribution in [2.45, 2.75) is 14.7 Å². The van der Waals surface area contributed by atoms with E-state index in [0.717, 1.165) is 0 Å². The molecular weight excluding hydrogens is 392 g/mol. The fourth-order valence-corrected chi connectivity index (χ4v) is 6.85. The predicted octanol–water partition coefficient (Wildman–Crippen LogP) is 8.24. The molecule has 146 valence electrons. The average Bonchev–Trinajstić information content (AvgIpc) is 2.84. The summed E-state index contributed by atoms with van der Waals surface area (Å²) in [7, 11) is -0.220. The van der Waals surface area contributed by atoms with E-state index in [1.54, 1.807) is 0 Å². The first-order chi connectivity index (χ1) is 15.4. The zero-order valence-electron chi connectivity index (χ0n) is 17.0. The summed E-state index contributed by atoms with van der Waals surface area (Å²) >= 11 is 0. The maximum atomic E-state index is 2.38. The van der Waals surface area contributed by atoms with Gasteiger partial charge < -0.3 is 0 Å². The van der Waals surface area contributed by atoms with Crippen LogP contribution in [0.2, 0.25) is 0 Å². The van der Waals surface area contributed by atoms with Crippen LogP contribution in [0.3, 0.4) is 0 Å². The molecule has 6 aromatic carbocycles. The molecule has 0 amide bonds. The SMILES string of the molecule is c1ccc2cc([S+](c3cccc4ccccc34)c3cccc4ccccc34)ccc2c1. The summed E-state index contributed by atoms with van der Waals surface area (Å²) in [6.45, 7) is 0. The quantitative estimate of drug-likeness (QED) is 0.256. The van der Waals surface area contributed by atoms with Crippen LogP contribution in [0.5, 0.6) is 0 Å². The van der Waals surface area contributed by atoms with Gasteiger partial charge in [-0.15, -0.1) is 0 Å². The minimum absolute atomic E-state index is 0.220. The molecule has 1 heteroatoms. The highest BCUT2D eigenvalue weighted by Gasteiger charge is 2.32. The summed E-state index contributed by atoms with van der Waals surface area (Å²) in [5.74, 6) is 0. The molecule has 0 radical (unpaired) electrons. The van der Waals surface area contributed by atoms with Crippen LogP contribution in [0, 0.1) is 0 Å². The highest BCUT2D eigenvalue weighted by atomic mass is 32.2. The molecule has 6 rings (SSSR count). The first-order valence-electron chi connectivity index (χ1n) is 10.6. The van der Waals surface area contributed by atoms with Crippen molar-refractivity contribution >= 4 is 43.2 Å². The van der Waals surface area contributed by atoms with E-state index in [4.69, 9.17) is 0 Å². The maximum Gasteiger partial charge on any atom is 0.174 e. The summed E-state index contributed by atoms with van der Waals surface area (Å²) in [6.07, 6.45) is 0. The van der Waals surface area contributed by atoms with Gasteiger partial charge in [0.1, 0.15) is 10.9 Å². The van der Waals surface area contributed by atoms with E-state index in [-0.39, 0.29) is 10.9 Å². The van der Waals surface area contributed by atoms with Gasteiger partial charge in [0, 0.05) is 16.8 Å². The summed E-state index contributed by atoms with van der Waals surface area (Å²) < 4.78 is 0. The molecule has 0 bridgehead atoms. The number of benzene rings is 6. The second kappa shape index (κ2) is 7.61. The molecule has 0 aromatic heterocycles. The molecule has 0 fully saturated rings. The van der Waals surface area contributed by atoms with Gasteiger partial charge in [-0.05, 0) is 57.9 Å². The molecule has 0 N–H and O–H groups in total. The Kier molecular flexibility index (Phi) is 4.48. The minimum Gasteiger partial charge on any atom is -0.0616 e. The fraction of sp³-hybridized carbons (Fsp3) is 0. The monoisotopic (exact) mass is 413 g/mol. The van der Waals surface area contributed by atoms with E-state index in [0.29, 0.717) is 0 Å². The van der Waals surface area contributed by atoms with Crippen molar-refractivity contribution in [1.82, 2.24) is 0 Å². The third-order valence-corrected chi connectivity index (χ3v) is 8.21. The van der Waals surface area contributed by atoms with Crippen molar-refractivity contribution in [2.75, 3.05) is 0 Å². The molecular formula is C30H21S+.